The van der Waals surface area contributed by atoms with Crippen LogP contribution in [0.15, 0.2) is 48.5 Å². The number of carbonyl (C=O) groups excluding carboxylic acids is 1. The lowest BCUT2D eigenvalue weighted by molar-refractivity contribution is 0.0342. The second-order valence-electron chi connectivity index (χ2n) is 7.36. The first kappa shape index (κ1) is 22.2. The van der Waals surface area contributed by atoms with Gasteiger partial charge < -0.3 is 14.8 Å². The van der Waals surface area contributed by atoms with Crippen LogP contribution in [0.3, 0.4) is 0 Å². The maximum Gasteiger partial charge on any atom is 0.257 e. The normalized spacial score (nSPS) is 15.3. The Labute approximate surface area is 183 Å². The molecule has 1 atom stereocenters. The molecule has 2 N–H and O–H groups in total. The minimum atomic E-state index is -0.272. The van der Waals surface area contributed by atoms with Crippen molar-refractivity contribution in [2.24, 2.45) is 0 Å². The van der Waals surface area contributed by atoms with Crippen molar-refractivity contribution in [3.8, 4) is 5.75 Å². The van der Waals surface area contributed by atoms with Crippen LogP contribution < -0.4 is 15.4 Å². The molecule has 3 rings (SSSR count). The van der Waals surface area contributed by atoms with Crippen LogP contribution in [0.5, 0.6) is 5.75 Å². The van der Waals surface area contributed by atoms with Gasteiger partial charge in [0.15, 0.2) is 5.11 Å². The van der Waals surface area contributed by atoms with Crippen LogP contribution in [0.2, 0.25) is 0 Å². The number of ether oxygens (including phenoxy) is 2. The molecule has 0 aromatic heterocycles. The fourth-order valence-electron chi connectivity index (χ4n) is 3.07. The summed E-state index contributed by atoms with van der Waals surface area (Å²) in [6.07, 6.45) is 0.993. The number of anilines is 1. The molecule has 6 nitrogen and oxygen atoms in total. The number of hydrogen-bond acceptors (Lipinski definition) is 5. The van der Waals surface area contributed by atoms with Crippen LogP contribution in [0, 0.1) is 0 Å². The molecular formula is C23H29N3O3S. The van der Waals surface area contributed by atoms with Crippen molar-refractivity contribution in [3.63, 3.8) is 0 Å². The van der Waals surface area contributed by atoms with Gasteiger partial charge in [-0.05, 0) is 61.5 Å². The third kappa shape index (κ3) is 6.79. The summed E-state index contributed by atoms with van der Waals surface area (Å²) in [7, 11) is 0. The van der Waals surface area contributed by atoms with Gasteiger partial charge in [-0.3, -0.25) is 15.0 Å². The Hall–Kier alpha value is -2.48. The van der Waals surface area contributed by atoms with Crippen LogP contribution in [-0.2, 0) is 11.3 Å². The molecule has 1 saturated heterocycles. The SMILES string of the molecule is CCC(C)Oc1cccc(C(=O)NC(=S)Nc2ccc(CN3CCOCC3)cc2)c1. The first-order chi connectivity index (χ1) is 14.5. The standard InChI is InChI=1S/C23H29N3O3S/c1-3-17(2)29-21-6-4-5-19(15-21)22(27)25-23(30)24-20-9-7-18(8-10-20)16-26-11-13-28-14-12-26/h4-10,15,17H,3,11-14,16H2,1-2H3,(H2,24,25,27,30). The molecule has 1 amide bonds. The quantitative estimate of drug-likeness (QED) is 0.655. The molecule has 0 radical (unpaired) electrons. The number of morpholine rings is 1. The third-order valence-corrected chi connectivity index (χ3v) is 5.16. The zero-order valence-corrected chi connectivity index (χ0v) is 18.3. The second kappa shape index (κ2) is 11.1. The van der Waals surface area contributed by atoms with E-state index in [1.54, 1.807) is 18.2 Å². The third-order valence-electron chi connectivity index (χ3n) is 4.96. The zero-order valence-electron chi connectivity index (χ0n) is 17.5. The Morgan fingerprint density at radius 1 is 1.20 bits per heavy atom. The number of nitrogens with one attached hydrogen (secondary N) is 2. The van der Waals surface area contributed by atoms with Crippen LogP contribution in [0.4, 0.5) is 5.69 Å². The maximum absolute atomic E-state index is 12.5. The van der Waals surface area contributed by atoms with Gasteiger partial charge in [-0.15, -0.1) is 0 Å². The fraction of sp³-hybridized carbons (Fsp3) is 0.391. The van der Waals surface area contributed by atoms with Gasteiger partial charge in [0.2, 0.25) is 0 Å². The largest absolute Gasteiger partial charge is 0.491 e. The highest BCUT2D eigenvalue weighted by atomic mass is 32.1. The van der Waals surface area contributed by atoms with Gasteiger partial charge in [-0.2, -0.15) is 0 Å². The molecule has 30 heavy (non-hydrogen) atoms. The molecule has 7 heteroatoms. The van der Waals surface area contributed by atoms with Crippen molar-refractivity contribution < 1.29 is 14.3 Å². The van der Waals surface area contributed by atoms with Crippen LogP contribution in [0.1, 0.15) is 36.2 Å². The van der Waals surface area contributed by atoms with Crippen LogP contribution >= 0.6 is 12.2 Å². The van der Waals surface area contributed by atoms with Gasteiger partial charge in [0.1, 0.15) is 5.75 Å². The Morgan fingerprint density at radius 3 is 2.63 bits per heavy atom. The number of thiocarbonyl (C=S) groups is 1. The van der Waals surface area contributed by atoms with Crippen molar-refractivity contribution in [3.05, 3.63) is 59.7 Å². The highest BCUT2D eigenvalue weighted by Crippen LogP contribution is 2.16. The van der Waals surface area contributed by atoms with Crippen molar-refractivity contribution in [1.82, 2.24) is 10.2 Å². The summed E-state index contributed by atoms with van der Waals surface area (Å²) < 4.78 is 11.2. The average molecular weight is 428 g/mol. The topological polar surface area (TPSA) is 62.8 Å². The molecule has 1 heterocycles. The molecular weight excluding hydrogens is 398 g/mol. The molecule has 0 saturated carbocycles. The van der Waals surface area contributed by atoms with E-state index in [2.05, 4.69) is 34.6 Å². The monoisotopic (exact) mass is 427 g/mol. The van der Waals surface area contributed by atoms with Gasteiger partial charge in [0.05, 0.1) is 19.3 Å². The Bertz CT molecular complexity index is 851. The van der Waals surface area contributed by atoms with E-state index in [4.69, 9.17) is 21.7 Å². The number of rotatable bonds is 7. The first-order valence-corrected chi connectivity index (χ1v) is 10.7. The molecule has 1 unspecified atom stereocenters. The van der Waals surface area contributed by atoms with Crippen molar-refractivity contribution in [2.75, 3.05) is 31.6 Å². The van der Waals surface area contributed by atoms with Gasteiger partial charge in [0, 0.05) is 30.9 Å². The molecule has 0 bridgehead atoms. The Kier molecular flexibility index (Phi) is 8.19. The molecule has 1 fully saturated rings. The van der Waals surface area contributed by atoms with Crippen molar-refractivity contribution in [1.29, 1.82) is 0 Å². The number of carbonyl (C=O) groups is 1. The molecule has 1 aliphatic rings. The van der Waals surface area contributed by atoms with Gasteiger partial charge >= 0.3 is 0 Å². The lowest BCUT2D eigenvalue weighted by Crippen LogP contribution is -2.35. The van der Waals surface area contributed by atoms with Crippen LogP contribution in [0.25, 0.3) is 0 Å². The Morgan fingerprint density at radius 2 is 1.93 bits per heavy atom. The average Bonchev–Trinajstić information content (AvgIpc) is 2.76. The highest BCUT2D eigenvalue weighted by Gasteiger charge is 2.12. The molecule has 2 aromatic carbocycles. The maximum atomic E-state index is 12.5. The predicted octanol–water partition coefficient (Wildman–Crippen LogP) is 3.82. The lowest BCUT2D eigenvalue weighted by atomic mass is 10.2. The van der Waals surface area contributed by atoms with Crippen molar-refractivity contribution >= 4 is 28.9 Å². The van der Waals surface area contributed by atoms with E-state index < -0.39 is 0 Å². The molecule has 0 spiro atoms. The second-order valence-corrected chi connectivity index (χ2v) is 7.77. The van der Waals surface area contributed by atoms with E-state index in [0.717, 1.165) is 45.0 Å². The van der Waals surface area contributed by atoms with Gasteiger partial charge in [-0.25, -0.2) is 0 Å². The van der Waals surface area contributed by atoms with Gasteiger partial charge in [0.25, 0.3) is 5.91 Å². The number of benzene rings is 2. The number of hydrogen-bond donors (Lipinski definition) is 2. The Balaban J connectivity index is 1.51. The number of nitrogens with zero attached hydrogens (tertiary/aromatic N) is 1. The van der Waals surface area contributed by atoms with E-state index in [1.807, 2.05) is 25.1 Å². The molecule has 2 aromatic rings. The summed E-state index contributed by atoms with van der Waals surface area (Å²) in [5, 5.41) is 6.05. The highest BCUT2D eigenvalue weighted by molar-refractivity contribution is 7.80. The van der Waals surface area contributed by atoms with E-state index >= 15 is 0 Å². The van der Waals surface area contributed by atoms with E-state index in [0.29, 0.717) is 11.3 Å². The molecule has 0 aliphatic carbocycles. The summed E-state index contributed by atoms with van der Waals surface area (Å²) in [6, 6.07) is 15.2. The first-order valence-electron chi connectivity index (χ1n) is 10.3. The van der Waals surface area contributed by atoms with E-state index in [1.165, 1.54) is 5.56 Å². The van der Waals surface area contributed by atoms with Gasteiger partial charge in [-0.1, -0.05) is 25.1 Å². The predicted molar refractivity (Wildman–Crippen MR) is 123 cm³/mol. The number of amides is 1. The summed E-state index contributed by atoms with van der Waals surface area (Å²) in [5.74, 6) is 0.401. The van der Waals surface area contributed by atoms with Crippen molar-refractivity contribution in [2.45, 2.75) is 32.9 Å². The minimum Gasteiger partial charge on any atom is -0.491 e. The summed E-state index contributed by atoms with van der Waals surface area (Å²) >= 11 is 5.30. The minimum absolute atomic E-state index is 0.0947. The summed E-state index contributed by atoms with van der Waals surface area (Å²) in [5.41, 5.74) is 2.57. The zero-order chi connectivity index (χ0) is 21.3. The smallest absolute Gasteiger partial charge is 0.257 e. The molecule has 1 aliphatic heterocycles. The van der Waals surface area contributed by atoms with Crippen LogP contribution in [-0.4, -0.2) is 48.3 Å². The lowest BCUT2D eigenvalue weighted by Gasteiger charge is -2.26. The summed E-state index contributed by atoms with van der Waals surface area (Å²) in [6.45, 7) is 8.46. The summed E-state index contributed by atoms with van der Waals surface area (Å²) in [4.78, 5) is 14.9. The molecule has 160 valence electrons. The van der Waals surface area contributed by atoms with E-state index in [9.17, 15) is 4.79 Å². The van der Waals surface area contributed by atoms with E-state index in [-0.39, 0.29) is 17.1 Å². The fourth-order valence-corrected chi connectivity index (χ4v) is 3.29.